The third-order valence-electron chi connectivity index (χ3n) is 5.74. The fraction of sp³-hybridized carbons (Fsp3) is 0.304. The van der Waals surface area contributed by atoms with Crippen LogP contribution in [-0.2, 0) is 33.9 Å². The molecule has 4 rings (SSSR count). The molecule has 0 aromatic heterocycles. The number of fused-ring (bicyclic) bond motifs is 1. The van der Waals surface area contributed by atoms with E-state index >= 15 is 4.39 Å². The predicted octanol–water partition coefficient (Wildman–Crippen LogP) is 1.97. The fourth-order valence-corrected chi connectivity index (χ4v) is 4.02. The number of nitrogens with zero attached hydrogens (tertiary/aromatic N) is 1. The van der Waals surface area contributed by atoms with Gasteiger partial charge in [0.15, 0.2) is 0 Å². The quantitative estimate of drug-likeness (QED) is 0.670. The van der Waals surface area contributed by atoms with Gasteiger partial charge in [0.1, 0.15) is 17.7 Å². The van der Waals surface area contributed by atoms with Crippen molar-refractivity contribution in [3.05, 3.63) is 70.3 Å². The number of piperidine rings is 1. The van der Waals surface area contributed by atoms with Crippen molar-refractivity contribution in [3.8, 4) is 0 Å². The first kappa shape index (κ1) is 21.6. The van der Waals surface area contributed by atoms with E-state index in [1.807, 2.05) is 0 Å². The lowest BCUT2D eigenvalue weighted by atomic mass is 10.0. The van der Waals surface area contributed by atoms with Crippen LogP contribution in [0.1, 0.15) is 46.3 Å². The zero-order valence-electron chi connectivity index (χ0n) is 17.1. The highest BCUT2D eigenvalue weighted by Crippen LogP contribution is 2.30. The molecule has 2 aliphatic rings. The molecular weight excluding hydrogens is 420 g/mol. The second kappa shape index (κ2) is 8.86. The Morgan fingerprint density at radius 2 is 1.97 bits per heavy atom. The Kier molecular flexibility index (Phi) is 5.98. The van der Waals surface area contributed by atoms with Crippen molar-refractivity contribution >= 4 is 23.6 Å². The zero-order valence-corrected chi connectivity index (χ0v) is 17.1. The summed E-state index contributed by atoms with van der Waals surface area (Å²) in [5.74, 6) is -2.69. The van der Waals surface area contributed by atoms with Crippen LogP contribution >= 0.6 is 0 Å². The van der Waals surface area contributed by atoms with Gasteiger partial charge in [-0.05, 0) is 36.6 Å². The summed E-state index contributed by atoms with van der Waals surface area (Å²) in [6, 6.07) is 8.08. The van der Waals surface area contributed by atoms with E-state index in [-0.39, 0.29) is 60.8 Å². The van der Waals surface area contributed by atoms with E-state index in [0.717, 1.165) is 0 Å². The third-order valence-corrected chi connectivity index (χ3v) is 5.74. The summed E-state index contributed by atoms with van der Waals surface area (Å²) in [6.07, 6.45) is 0.787. The number of benzene rings is 2. The van der Waals surface area contributed by atoms with Gasteiger partial charge in [0.25, 0.3) is 5.91 Å². The number of halogens is 2. The Morgan fingerprint density at radius 1 is 1.16 bits per heavy atom. The van der Waals surface area contributed by atoms with E-state index in [0.29, 0.717) is 12.0 Å². The summed E-state index contributed by atoms with van der Waals surface area (Å²) in [5, 5.41) is 4.85. The minimum atomic E-state index is -0.821. The molecule has 32 heavy (non-hydrogen) atoms. The Balaban J connectivity index is 1.38. The average molecular weight is 441 g/mol. The molecule has 166 valence electrons. The van der Waals surface area contributed by atoms with E-state index in [1.165, 1.54) is 29.2 Å². The van der Waals surface area contributed by atoms with E-state index in [2.05, 4.69) is 10.6 Å². The Labute approximate surface area is 182 Å². The van der Waals surface area contributed by atoms with Crippen molar-refractivity contribution in [3.63, 3.8) is 0 Å². The van der Waals surface area contributed by atoms with Gasteiger partial charge in [0, 0.05) is 36.1 Å². The SMILES string of the molecule is O=C(CCc1cccc(F)c1)NCc1ccc2c(c1F)CN(C1CCC(=O)NC1=O)C2=O. The molecule has 0 aliphatic carbocycles. The van der Waals surface area contributed by atoms with Crippen LogP contribution < -0.4 is 10.6 Å². The van der Waals surface area contributed by atoms with Crippen LogP contribution in [0.4, 0.5) is 8.78 Å². The highest BCUT2D eigenvalue weighted by Gasteiger charge is 2.40. The maximum Gasteiger partial charge on any atom is 0.255 e. The fourth-order valence-electron chi connectivity index (χ4n) is 4.02. The van der Waals surface area contributed by atoms with Crippen molar-refractivity contribution in [2.24, 2.45) is 0 Å². The van der Waals surface area contributed by atoms with E-state index in [9.17, 15) is 23.6 Å². The van der Waals surface area contributed by atoms with Gasteiger partial charge < -0.3 is 10.2 Å². The van der Waals surface area contributed by atoms with Crippen LogP contribution in [0.2, 0.25) is 0 Å². The van der Waals surface area contributed by atoms with E-state index < -0.39 is 29.6 Å². The maximum atomic E-state index is 15.1. The molecule has 2 N–H and O–H groups in total. The van der Waals surface area contributed by atoms with Gasteiger partial charge in [-0.2, -0.15) is 0 Å². The first-order valence-electron chi connectivity index (χ1n) is 10.3. The van der Waals surface area contributed by atoms with Gasteiger partial charge >= 0.3 is 0 Å². The van der Waals surface area contributed by atoms with Gasteiger partial charge in [0.2, 0.25) is 17.7 Å². The molecule has 1 saturated heterocycles. The Bertz CT molecular complexity index is 1120. The monoisotopic (exact) mass is 441 g/mol. The van der Waals surface area contributed by atoms with Crippen LogP contribution in [-0.4, -0.2) is 34.6 Å². The number of carbonyl (C=O) groups is 4. The van der Waals surface area contributed by atoms with Crippen LogP contribution in [0.3, 0.4) is 0 Å². The Hall–Kier alpha value is -3.62. The molecule has 1 atom stereocenters. The normalized spacial score (nSPS) is 17.9. The highest BCUT2D eigenvalue weighted by molar-refractivity contribution is 6.05. The van der Waals surface area contributed by atoms with Crippen molar-refractivity contribution < 1.29 is 28.0 Å². The number of amides is 4. The standard InChI is InChI=1S/C23H21F2N3O4/c24-15-3-1-2-13(10-15)4-8-19(29)26-11-14-5-6-16-17(21(14)25)12-28(23(16)32)18-7-9-20(30)27-22(18)31/h1-3,5-6,10,18H,4,7-9,11-12H2,(H,26,29)(H,27,30,31). The molecule has 1 unspecified atom stereocenters. The number of imide groups is 1. The summed E-state index contributed by atoms with van der Waals surface area (Å²) in [4.78, 5) is 49.6. The first-order chi connectivity index (χ1) is 15.3. The largest absolute Gasteiger partial charge is 0.352 e. The molecule has 2 aromatic carbocycles. The molecule has 2 heterocycles. The summed E-state index contributed by atoms with van der Waals surface area (Å²) >= 11 is 0. The van der Waals surface area contributed by atoms with Crippen molar-refractivity contribution in [1.29, 1.82) is 0 Å². The second-order valence-corrected chi connectivity index (χ2v) is 7.87. The molecule has 0 radical (unpaired) electrons. The lowest BCUT2D eigenvalue weighted by molar-refractivity contribution is -0.137. The Morgan fingerprint density at radius 3 is 2.72 bits per heavy atom. The lowest BCUT2D eigenvalue weighted by Crippen LogP contribution is -2.52. The average Bonchev–Trinajstić information content (AvgIpc) is 3.09. The van der Waals surface area contributed by atoms with Gasteiger partial charge in [-0.3, -0.25) is 24.5 Å². The van der Waals surface area contributed by atoms with Crippen molar-refractivity contribution in [2.45, 2.75) is 44.8 Å². The molecule has 0 saturated carbocycles. The minimum absolute atomic E-state index is 0.0618. The van der Waals surface area contributed by atoms with Crippen molar-refractivity contribution in [2.75, 3.05) is 0 Å². The number of carbonyl (C=O) groups excluding carboxylic acids is 4. The molecular formula is C23H21F2N3O4. The third kappa shape index (κ3) is 4.37. The molecule has 7 nitrogen and oxygen atoms in total. The molecule has 0 spiro atoms. The number of aryl methyl sites for hydroxylation is 1. The second-order valence-electron chi connectivity index (χ2n) is 7.87. The number of nitrogens with one attached hydrogen (secondary N) is 2. The molecule has 9 heteroatoms. The first-order valence-corrected chi connectivity index (χ1v) is 10.3. The molecule has 2 aliphatic heterocycles. The van der Waals surface area contributed by atoms with E-state index in [1.54, 1.807) is 12.1 Å². The summed E-state index contributed by atoms with van der Waals surface area (Å²) < 4.78 is 28.3. The summed E-state index contributed by atoms with van der Waals surface area (Å²) in [5.41, 5.74) is 1.26. The van der Waals surface area contributed by atoms with E-state index in [4.69, 9.17) is 0 Å². The highest BCUT2D eigenvalue weighted by atomic mass is 19.1. The van der Waals surface area contributed by atoms with Gasteiger partial charge in [-0.15, -0.1) is 0 Å². The smallest absolute Gasteiger partial charge is 0.255 e. The summed E-state index contributed by atoms with van der Waals surface area (Å²) in [6.45, 7) is -0.138. The van der Waals surface area contributed by atoms with Gasteiger partial charge in [-0.25, -0.2) is 8.78 Å². The van der Waals surface area contributed by atoms with Crippen LogP contribution in [0, 0.1) is 11.6 Å². The maximum absolute atomic E-state index is 15.1. The number of hydrogen-bond acceptors (Lipinski definition) is 4. The lowest BCUT2D eigenvalue weighted by Gasteiger charge is -2.29. The molecule has 1 fully saturated rings. The van der Waals surface area contributed by atoms with Crippen molar-refractivity contribution in [1.82, 2.24) is 15.5 Å². The minimum Gasteiger partial charge on any atom is -0.352 e. The predicted molar refractivity (Wildman–Crippen MR) is 109 cm³/mol. The van der Waals surface area contributed by atoms with Crippen LogP contribution in [0.25, 0.3) is 0 Å². The summed E-state index contributed by atoms with van der Waals surface area (Å²) in [7, 11) is 0. The molecule has 4 amide bonds. The van der Waals surface area contributed by atoms with Crippen LogP contribution in [0.5, 0.6) is 0 Å². The van der Waals surface area contributed by atoms with Crippen LogP contribution in [0.15, 0.2) is 36.4 Å². The van der Waals surface area contributed by atoms with Gasteiger partial charge in [-0.1, -0.05) is 18.2 Å². The number of hydrogen-bond donors (Lipinski definition) is 2. The molecule has 0 bridgehead atoms. The molecule has 2 aromatic rings. The van der Waals surface area contributed by atoms with Gasteiger partial charge in [0.05, 0.1) is 6.54 Å². The number of rotatable bonds is 6. The zero-order chi connectivity index (χ0) is 22.8. The topological polar surface area (TPSA) is 95.6 Å².